The number of carbonyl (C=O) groups is 1. The van der Waals surface area contributed by atoms with Crippen molar-refractivity contribution in [2.75, 3.05) is 23.7 Å². The molecule has 3 aromatic rings. The van der Waals surface area contributed by atoms with Crippen LogP contribution in [0.3, 0.4) is 0 Å². The average Bonchev–Trinajstić information content (AvgIpc) is 3.52. The Labute approximate surface area is 187 Å². The summed E-state index contributed by atoms with van der Waals surface area (Å²) < 4.78 is 32.3. The maximum Gasteiger partial charge on any atom is 0.341 e. The Bertz CT molecular complexity index is 1260. The third kappa shape index (κ3) is 3.77. The van der Waals surface area contributed by atoms with Gasteiger partial charge < -0.3 is 14.6 Å². The lowest BCUT2D eigenvalue weighted by molar-refractivity contribution is 0.0694. The molecule has 0 radical (unpaired) electrons. The summed E-state index contributed by atoms with van der Waals surface area (Å²) in [6.45, 7) is 1.06. The van der Waals surface area contributed by atoms with Crippen LogP contribution in [0.25, 0.3) is 10.9 Å². The lowest BCUT2D eigenvalue weighted by Gasteiger charge is -2.22. The van der Waals surface area contributed by atoms with Crippen molar-refractivity contribution in [3.63, 3.8) is 0 Å². The number of thioether (sulfide) groups is 1. The molecule has 2 aromatic carbocycles. The van der Waals surface area contributed by atoms with E-state index >= 15 is 8.78 Å². The van der Waals surface area contributed by atoms with Crippen molar-refractivity contribution in [3.05, 3.63) is 70.0 Å². The van der Waals surface area contributed by atoms with Crippen LogP contribution >= 0.6 is 11.8 Å². The van der Waals surface area contributed by atoms with Crippen LogP contribution in [0.2, 0.25) is 0 Å². The Kier molecular flexibility index (Phi) is 5.41. The number of pyridine rings is 1. The van der Waals surface area contributed by atoms with Crippen LogP contribution in [0.5, 0.6) is 0 Å². The SMILES string of the molecule is O=C(O)c1cn(C2CC2)c2c(F)c(N3CCC(CSc4ccccc4)C3)c(F)cc2c1=O. The zero-order valence-corrected chi connectivity index (χ0v) is 18.1. The van der Waals surface area contributed by atoms with Gasteiger partial charge in [-0.3, -0.25) is 4.79 Å². The van der Waals surface area contributed by atoms with E-state index < -0.39 is 28.6 Å². The van der Waals surface area contributed by atoms with Gasteiger partial charge in [-0.2, -0.15) is 0 Å². The minimum atomic E-state index is -1.39. The second-order valence-corrected chi connectivity index (χ2v) is 9.55. The molecule has 1 saturated heterocycles. The molecule has 8 heteroatoms. The number of carboxylic acid groups (broad SMARTS) is 1. The van der Waals surface area contributed by atoms with E-state index in [1.54, 1.807) is 16.7 Å². The molecule has 0 bridgehead atoms. The van der Waals surface area contributed by atoms with Gasteiger partial charge in [0.15, 0.2) is 5.82 Å². The third-order valence-corrected chi connectivity index (χ3v) is 7.43. The third-order valence-electron chi connectivity index (χ3n) is 6.19. The Morgan fingerprint density at radius 3 is 2.59 bits per heavy atom. The molecule has 0 spiro atoms. The van der Waals surface area contributed by atoms with E-state index in [9.17, 15) is 14.7 Å². The van der Waals surface area contributed by atoms with Gasteiger partial charge in [0, 0.05) is 36.0 Å². The highest BCUT2D eigenvalue weighted by Crippen LogP contribution is 2.40. The van der Waals surface area contributed by atoms with Gasteiger partial charge >= 0.3 is 5.97 Å². The molecule has 1 saturated carbocycles. The lowest BCUT2D eigenvalue weighted by Crippen LogP contribution is -2.25. The summed E-state index contributed by atoms with van der Waals surface area (Å²) >= 11 is 1.73. The highest BCUT2D eigenvalue weighted by Gasteiger charge is 2.33. The summed E-state index contributed by atoms with van der Waals surface area (Å²) in [6, 6.07) is 11.0. The van der Waals surface area contributed by atoms with Gasteiger partial charge in [-0.15, -0.1) is 11.8 Å². The van der Waals surface area contributed by atoms with E-state index in [0.29, 0.717) is 13.1 Å². The Balaban J connectivity index is 1.48. The summed E-state index contributed by atoms with van der Waals surface area (Å²) in [6.07, 6.45) is 3.57. The van der Waals surface area contributed by atoms with Crippen LogP contribution in [-0.2, 0) is 0 Å². The molecule has 1 aliphatic carbocycles. The minimum absolute atomic E-state index is 0.000936. The van der Waals surface area contributed by atoms with Crippen molar-refractivity contribution in [1.29, 1.82) is 0 Å². The highest BCUT2D eigenvalue weighted by molar-refractivity contribution is 7.99. The molecule has 32 heavy (non-hydrogen) atoms. The monoisotopic (exact) mass is 456 g/mol. The lowest BCUT2D eigenvalue weighted by atomic mass is 10.1. The quantitative estimate of drug-likeness (QED) is 0.533. The van der Waals surface area contributed by atoms with Gasteiger partial charge in [-0.25, -0.2) is 13.6 Å². The van der Waals surface area contributed by atoms with E-state index in [4.69, 9.17) is 0 Å². The molecule has 0 amide bonds. The van der Waals surface area contributed by atoms with E-state index in [1.165, 1.54) is 10.8 Å². The van der Waals surface area contributed by atoms with Crippen molar-refractivity contribution in [1.82, 2.24) is 4.57 Å². The van der Waals surface area contributed by atoms with Crippen molar-refractivity contribution >= 4 is 34.3 Å². The zero-order chi connectivity index (χ0) is 22.4. The molecular weight excluding hydrogens is 434 g/mol. The fourth-order valence-corrected chi connectivity index (χ4v) is 5.47. The number of carboxylic acids is 1. The molecule has 2 fully saturated rings. The van der Waals surface area contributed by atoms with Crippen molar-refractivity contribution < 1.29 is 18.7 Å². The molecule has 5 rings (SSSR count). The number of hydrogen-bond donors (Lipinski definition) is 1. The number of benzene rings is 2. The number of halogens is 2. The van der Waals surface area contributed by atoms with Crippen molar-refractivity contribution in [2.45, 2.75) is 30.2 Å². The second-order valence-electron chi connectivity index (χ2n) is 8.46. The highest BCUT2D eigenvalue weighted by atomic mass is 32.2. The van der Waals surface area contributed by atoms with E-state index in [1.807, 2.05) is 30.3 Å². The zero-order valence-electron chi connectivity index (χ0n) is 17.3. The Morgan fingerprint density at radius 1 is 1.16 bits per heavy atom. The largest absolute Gasteiger partial charge is 0.477 e. The van der Waals surface area contributed by atoms with E-state index in [0.717, 1.165) is 36.0 Å². The number of rotatable bonds is 6. The Morgan fingerprint density at radius 2 is 1.91 bits per heavy atom. The second kappa shape index (κ2) is 8.24. The molecular formula is C24H22F2N2O3S. The first-order valence-corrected chi connectivity index (χ1v) is 11.7. The fraction of sp³-hybridized carbons (Fsp3) is 0.333. The van der Waals surface area contributed by atoms with E-state index in [-0.39, 0.29) is 28.6 Å². The van der Waals surface area contributed by atoms with Gasteiger partial charge in [0.25, 0.3) is 0 Å². The van der Waals surface area contributed by atoms with Crippen LogP contribution in [-0.4, -0.2) is 34.5 Å². The standard InChI is InChI=1S/C24H22F2N2O3S/c25-19-10-17-21(28(15-6-7-15)12-18(23(17)29)24(30)31)20(26)22(19)27-9-8-14(11-27)13-32-16-4-2-1-3-5-16/h1-5,10,12,14-15H,6-9,11,13H2,(H,30,31). The van der Waals surface area contributed by atoms with Crippen LogP contribution in [0.1, 0.15) is 35.7 Å². The average molecular weight is 457 g/mol. The number of aromatic nitrogens is 1. The van der Waals surface area contributed by atoms with Crippen LogP contribution < -0.4 is 10.3 Å². The maximum absolute atomic E-state index is 15.7. The number of hydrogen-bond acceptors (Lipinski definition) is 4. The first-order chi connectivity index (χ1) is 15.4. The molecule has 1 N–H and O–H groups in total. The molecule has 1 aliphatic heterocycles. The van der Waals surface area contributed by atoms with Gasteiger partial charge in [0.2, 0.25) is 5.43 Å². The molecule has 5 nitrogen and oxygen atoms in total. The maximum atomic E-state index is 15.7. The molecule has 2 heterocycles. The predicted molar refractivity (Wildman–Crippen MR) is 121 cm³/mol. The smallest absolute Gasteiger partial charge is 0.341 e. The van der Waals surface area contributed by atoms with E-state index in [2.05, 4.69) is 0 Å². The van der Waals surface area contributed by atoms with Crippen LogP contribution in [0.4, 0.5) is 14.5 Å². The molecule has 1 unspecified atom stereocenters. The minimum Gasteiger partial charge on any atom is -0.477 e. The van der Waals surface area contributed by atoms with Gasteiger partial charge in [0.1, 0.15) is 17.1 Å². The summed E-state index contributed by atoms with van der Waals surface area (Å²) in [7, 11) is 0. The normalized spacial score (nSPS) is 18.4. The van der Waals surface area contributed by atoms with Crippen molar-refractivity contribution in [3.8, 4) is 0 Å². The summed E-state index contributed by atoms with van der Waals surface area (Å²) in [4.78, 5) is 27.0. The first kappa shape index (κ1) is 21.0. The van der Waals surface area contributed by atoms with Gasteiger partial charge in [0.05, 0.1) is 10.9 Å². The summed E-state index contributed by atoms with van der Waals surface area (Å²) in [5, 5.41) is 9.15. The van der Waals surface area contributed by atoms with Gasteiger partial charge in [-0.1, -0.05) is 18.2 Å². The fourth-order valence-electron chi connectivity index (χ4n) is 4.42. The molecule has 166 valence electrons. The first-order valence-electron chi connectivity index (χ1n) is 10.7. The molecule has 1 aromatic heterocycles. The summed E-state index contributed by atoms with van der Waals surface area (Å²) in [5.41, 5.74) is -1.44. The number of nitrogens with zero attached hydrogens (tertiary/aromatic N) is 2. The van der Waals surface area contributed by atoms with Gasteiger partial charge in [-0.05, 0) is 43.4 Å². The van der Waals surface area contributed by atoms with Crippen LogP contribution in [0, 0.1) is 17.6 Å². The molecule has 2 aliphatic rings. The molecule has 1 atom stereocenters. The topological polar surface area (TPSA) is 62.5 Å². The predicted octanol–water partition coefficient (Wildman–Crippen LogP) is 4.93. The van der Waals surface area contributed by atoms with Crippen LogP contribution in [0.15, 0.2) is 52.3 Å². The Hall–Kier alpha value is -2.87. The number of fused-ring (bicyclic) bond motifs is 1. The number of anilines is 1. The number of aromatic carboxylic acids is 1. The van der Waals surface area contributed by atoms with Crippen molar-refractivity contribution in [2.24, 2.45) is 5.92 Å². The summed E-state index contributed by atoms with van der Waals surface area (Å²) in [5.74, 6) is -1.86.